The minimum atomic E-state index is -1.24. The molecule has 0 spiro atoms. The molecule has 0 bridgehead atoms. The molecule has 4 atom stereocenters. The Morgan fingerprint density at radius 1 is 1.32 bits per heavy atom. The van der Waals surface area contributed by atoms with E-state index in [0.717, 1.165) is 0 Å². The van der Waals surface area contributed by atoms with Gasteiger partial charge in [-0.3, -0.25) is 4.57 Å². The minimum Gasteiger partial charge on any atom is -0.394 e. The summed E-state index contributed by atoms with van der Waals surface area (Å²) in [5, 5.41) is 32.2. The van der Waals surface area contributed by atoms with E-state index in [1.54, 1.807) is 7.05 Å². The zero-order valence-corrected chi connectivity index (χ0v) is 13.7. The van der Waals surface area contributed by atoms with Crippen molar-refractivity contribution in [3.05, 3.63) is 3.83 Å². The molecule has 2 aromatic rings. The summed E-state index contributed by atoms with van der Waals surface area (Å²) in [5.41, 5.74) is 6.59. The van der Waals surface area contributed by atoms with E-state index in [2.05, 4.69) is 20.3 Å². The summed E-state index contributed by atoms with van der Waals surface area (Å²) in [6.07, 6.45) is -4.30. The average Bonchev–Trinajstić information content (AvgIpc) is 2.98. The first kappa shape index (κ1) is 15.6. The Hall–Kier alpha value is -1.28. The van der Waals surface area contributed by atoms with Crippen molar-refractivity contribution in [3.63, 3.8) is 0 Å². The number of aromatic nitrogens is 4. The van der Waals surface area contributed by atoms with Gasteiger partial charge in [-0.25, -0.2) is 15.0 Å². The van der Waals surface area contributed by atoms with Gasteiger partial charge in [-0.05, 0) is 0 Å². The predicted octanol–water partition coefficient (Wildman–Crippen LogP) is -1.33. The molecular formula is C11H15IN6O4. The Morgan fingerprint density at radius 2 is 2.05 bits per heavy atom. The first-order chi connectivity index (χ1) is 10.5. The van der Waals surface area contributed by atoms with E-state index in [9.17, 15) is 15.3 Å². The van der Waals surface area contributed by atoms with Crippen LogP contribution in [0.3, 0.4) is 0 Å². The highest BCUT2D eigenvalue weighted by Gasteiger charge is 2.45. The molecule has 1 fully saturated rings. The van der Waals surface area contributed by atoms with E-state index in [1.807, 2.05) is 22.6 Å². The fraction of sp³-hybridized carbons (Fsp3) is 0.545. The standard InChI is InChI=1S/C11H15IN6O4/c1-14-11-15-4-7(13)16-10(12)17-8(4)18(11)9-6(21)5(20)3(2-19)22-9/h3,5-6,9,19-21H,2H2,1H3,(H,14,15)(H2,13,16,17). The third-order valence-electron chi connectivity index (χ3n) is 3.53. The van der Waals surface area contributed by atoms with Crippen LogP contribution in [0.4, 0.5) is 11.8 Å². The van der Waals surface area contributed by atoms with Crippen molar-refractivity contribution in [2.24, 2.45) is 0 Å². The summed E-state index contributed by atoms with van der Waals surface area (Å²) in [6.45, 7) is -0.412. The van der Waals surface area contributed by atoms with Gasteiger partial charge in [0.2, 0.25) is 5.95 Å². The molecule has 4 unspecified atom stereocenters. The molecule has 1 saturated heterocycles. The largest absolute Gasteiger partial charge is 0.394 e. The number of nitrogen functional groups attached to an aromatic ring is 1. The van der Waals surface area contributed by atoms with Crippen LogP contribution in [0, 0.1) is 3.83 Å². The molecule has 0 radical (unpaired) electrons. The van der Waals surface area contributed by atoms with E-state index in [-0.39, 0.29) is 5.82 Å². The summed E-state index contributed by atoms with van der Waals surface area (Å²) >= 11 is 1.92. The van der Waals surface area contributed by atoms with Gasteiger partial charge in [0, 0.05) is 29.6 Å². The Bertz CT molecular complexity index is 709. The monoisotopic (exact) mass is 422 g/mol. The van der Waals surface area contributed by atoms with Crippen molar-refractivity contribution in [2.75, 3.05) is 24.7 Å². The number of ether oxygens (including phenoxy) is 1. The Morgan fingerprint density at radius 3 is 2.64 bits per heavy atom. The van der Waals surface area contributed by atoms with Gasteiger partial charge in [0.1, 0.15) is 18.3 Å². The number of fused-ring (bicyclic) bond motifs is 1. The van der Waals surface area contributed by atoms with Crippen molar-refractivity contribution in [1.29, 1.82) is 0 Å². The summed E-state index contributed by atoms with van der Waals surface area (Å²) in [5.74, 6) is 0.559. The molecule has 6 N–H and O–H groups in total. The summed E-state index contributed by atoms with van der Waals surface area (Å²) in [6, 6.07) is 0. The van der Waals surface area contributed by atoms with Gasteiger partial charge in [0.15, 0.2) is 27.0 Å². The van der Waals surface area contributed by atoms with E-state index < -0.39 is 31.1 Å². The van der Waals surface area contributed by atoms with Crippen molar-refractivity contribution in [1.82, 2.24) is 19.5 Å². The second-order valence-corrected chi connectivity index (χ2v) is 5.80. The number of halogens is 1. The zero-order valence-electron chi connectivity index (χ0n) is 11.5. The van der Waals surface area contributed by atoms with Crippen LogP contribution in [0.1, 0.15) is 6.23 Å². The Kier molecular flexibility index (Phi) is 4.07. The van der Waals surface area contributed by atoms with Gasteiger partial charge in [-0.2, -0.15) is 0 Å². The molecule has 2 aromatic heterocycles. The molecule has 3 heterocycles. The van der Waals surface area contributed by atoms with Crippen LogP contribution in [-0.2, 0) is 4.74 Å². The first-order valence-corrected chi connectivity index (χ1v) is 7.57. The van der Waals surface area contributed by atoms with Crippen LogP contribution < -0.4 is 11.1 Å². The SMILES string of the molecule is CNc1nc2c(N)nc(I)nc2n1C1OC(CO)C(O)C1O. The number of nitrogens with two attached hydrogens (primary N) is 1. The Labute approximate surface area is 138 Å². The highest BCUT2D eigenvalue weighted by Crippen LogP contribution is 2.35. The molecule has 0 aromatic carbocycles. The maximum absolute atomic E-state index is 10.2. The number of nitrogens with one attached hydrogen (secondary N) is 1. The van der Waals surface area contributed by atoms with Crippen LogP contribution in [0.5, 0.6) is 0 Å². The third kappa shape index (κ3) is 2.28. The lowest BCUT2D eigenvalue weighted by molar-refractivity contribution is -0.0501. The summed E-state index contributed by atoms with van der Waals surface area (Å²) in [7, 11) is 1.65. The number of nitrogens with zero attached hydrogens (tertiary/aromatic N) is 4. The molecule has 3 rings (SSSR count). The number of rotatable bonds is 3. The number of imidazole rings is 1. The van der Waals surface area contributed by atoms with Crippen molar-refractivity contribution in [3.8, 4) is 0 Å². The van der Waals surface area contributed by atoms with Crippen molar-refractivity contribution in [2.45, 2.75) is 24.5 Å². The average molecular weight is 422 g/mol. The summed E-state index contributed by atoms with van der Waals surface area (Å²) < 4.78 is 7.45. The van der Waals surface area contributed by atoms with Crippen molar-refractivity contribution < 1.29 is 20.1 Å². The molecule has 0 amide bonds. The summed E-state index contributed by atoms with van der Waals surface area (Å²) in [4.78, 5) is 12.6. The smallest absolute Gasteiger partial charge is 0.207 e. The second kappa shape index (κ2) is 5.73. The van der Waals surface area contributed by atoms with Gasteiger partial charge in [0.05, 0.1) is 6.61 Å². The lowest BCUT2D eigenvalue weighted by Gasteiger charge is -2.19. The zero-order chi connectivity index (χ0) is 16.0. The molecule has 1 aliphatic heterocycles. The quantitative estimate of drug-likeness (QED) is 0.299. The van der Waals surface area contributed by atoms with E-state index in [1.165, 1.54) is 4.57 Å². The van der Waals surface area contributed by atoms with Gasteiger partial charge in [-0.15, -0.1) is 0 Å². The van der Waals surface area contributed by atoms with Crippen molar-refractivity contribution >= 4 is 45.5 Å². The van der Waals surface area contributed by atoms with E-state index in [4.69, 9.17) is 10.5 Å². The molecule has 11 heteroatoms. The highest BCUT2D eigenvalue weighted by molar-refractivity contribution is 14.1. The molecule has 0 saturated carbocycles. The molecule has 1 aliphatic rings. The first-order valence-electron chi connectivity index (χ1n) is 6.49. The van der Waals surface area contributed by atoms with Crippen LogP contribution >= 0.6 is 22.6 Å². The van der Waals surface area contributed by atoms with Gasteiger partial charge >= 0.3 is 0 Å². The number of aliphatic hydroxyl groups is 3. The number of hydrogen-bond donors (Lipinski definition) is 5. The predicted molar refractivity (Wildman–Crippen MR) is 85.0 cm³/mol. The fourth-order valence-electron chi connectivity index (χ4n) is 2.48. The van der Waals surface area contributed by atoms with Crippen LogP contribution in [0.2, 0.25) is 0 Å². The maximum Gasteiger partial charge on any atom is 0.207 e. The molecule has 22 heavy (non-hydrogen) atoms. The molecule has 10 nitrogen and oxygen atoms in total. The van der Waals surface area contributed by atoms with Gasteiger partial charge in [0.25, 0.3) is 0 Å². The molecule has 0 aliphatic carbocycles. The normalized spacial score (nSPS) is 28.4. The van der Waals surface area contributed by atoms with Gasteiger partial charge < -0.3 is 31.1 Å². The minimum absolute atomic E-state index is 0.205. The van der Waals surface area contributed by atoms with E-state index >= 15 is 0 Å². The fourth-order valence-corrected chi connectivity index (χ4v) is 2.97. The highest BCUT2D eigenvalue weighted by atomic mass is 127. The molecular weight excluding hydrogens is 407 g/mol. The Balaban J connectivity index is 2.18. The lowest BCUT2D eigenvalue weighted by atomic mass is 10.1. The second-order valence-electron chi connectivity index (χ2n) is 4.83. The van der Waals surface area contributed by atoms with Crippen LogP contribution in [0.15, 0.2) is 0 Å². The van der Waals surface area contributed by atoms with Crippen LogP contribution in [-0.4, -0.2) is 66.8 Å². The number of hydrogen-bond acceptors (Lipinski definition) is 9. The number of aliphatic hydroxyl groups excluding tert-OH is 3. The number of anilines is 2. The van der Waals surface area contributed by atoms with Gasteiger partial charge in [-0.1, -0.05) is 0 Å². The lowest BCUT2D eigenvalue weighted by Crippen LogP contribution is -2.33. The van der Waals surface area contributed by atoms with Crippen LogP contribution in [0.25, 0.3) is 11.2 Å². The third-order valence-corrected chi connectivity index (χ3v) is 4.02. The van der Waals surface area contributed by atoms with E-state index in [0.29, 0.717) is 20.9 Å². The topological polar surface area (TPSA) is 152 Å². The molecule has 120 valence electrons. The maximum atomic E-state index is 10.2.